The van der Waals surface area contributed by atoms with E-state index < -0.39 is 0 Å². The van der Waals surface area contributed by atoms with E-state index in [9.17, 15) is 0 Å². The Morgan fingerprint density at radius 1 is 1.00 bits per heavy atom. The molecule has 0 saturated heterocycles. The first kappa shape index (κ1) is 13.2. The van der Waals surface area contributed by atoms with Crippen LogP contribution in [0.5, 0.6) is 0 Å². The molecule has 0 N–H and O–H groups in total. The number of hydrogen-bond donors (Lipinski definition) is 0. The summed E-state index contributed by atoms with van der Waals surface area (Å²) in [6.45, 7) is 11.1. The fraction of sp³-hybridized carbons (Fsp3) is 0.600. The van der Waals surface area contributed by atoms with Gasteiger partial charge in [-0.05, 0) is 29.9 Å². The molecule has 0 aliphatic rings. The van der Waals surface area contributed by atoms with Crippen molar-refractivity contribution in [1.29, 1.82) is 0 Å². The molecular weight excluding hydrogens is 196 g/mol. The molecule has 0 spiro atoms. The van der Waals surface area contributed by atoms with Crippen LogP contribution >= 0.6 is 0 Å². The van der Waals surface area contributed by atoms with Gasteiger partial charge in [0.05, 0.1) is 5.60 Å². The standard InChI is InChI=1S/C15H24O/c1-11(2)15(16-6,12(3)4)14-10-8-7-9-13(14)5/h7-12H,1-6H3. The van der Waals surface area contributed by atoms with Crippen molar-refractivity contribution in [2.75, 3.05) is 7.11 Å². The van der Waals surface area contributed by atoms with Gasteiger partial charge in [-0.2, -0.15) is 0 Å². The first-order chi connectivity index (χ1) is 7.46. The summed E-state index contributed by atoms with van der Waals surface area (Å²) < 4.78 is 5.93. The molecule has 1 nitrogen and oxygen atoms in total. The van der Waals surface area contributed by atoms with Crippen LogP contribution in [0.2, 0.25) is 0 Å². The quantitative estimate of drug-likeness (QED) is 0.740. The van der Waals surface area contributed by atoms with Crippen LogP contribution in [0.1, 0.15) is 38.8 Å². The minimum absolute atomic E-state index is 0.175. The van der Waals surface area contributed by atoms with Crippen molar-refractivity contribution in [3.05, 3.63) is 35.4 Å². The summed E-state index contributed by atoms with van der Waals surface area (Å²) in [6.07, 6.45) is 0. The third-order valence-electron chi connectivity index (χ3n) is 3.62. The molecule has 1 aromatic carbocycles. The molecule has 0 saturated carbocycles. The monoisotopic (exact) mass is 220 g/mol. The molecular formula is C15H24O. The van der Waals surface area contributed by atoms with Crippen LogP contribution < -0.4 is 0 Å². The maximum absolute atomic E-state index is 5.93. The van der Waals surface area contributed by atoms with Gasteiger partial charge in [-0.3, -0.25) is 0 Å². The fourth-order valence-electron chi connectivity index (χ4n) is 2.88. The molecule has 0 aliphatic heterocycles. The SMILES string of the molecule is COC(c1ccccc1C)(C(C)C)C(C)C. The van der Waals surface area contributed by atoms with Gasteiger partial charge in [0, 0.05) is 7.11 Å². The molecule has 90 valence electrons. The van der Waals surface area contributed by atoms with Gasteiger partial charge in [-0.25, -0.2) is 0 Å². The molecule has 0 heterocycles. The van der Waals surface area contributed by atoms with Crippen molar-refractivity contribution in [3.63, 3.8) is 0 Å². The largest absolute Gasteiger partial charge is 0.373 e. The first-order valence-corrected chi connectivity index (χ1v) is 6.08. The highest BCUT2D eigenvalue weighted by molar-refractivity contribution is 5.32. The van der Waals surface area contributed by atoms with Crippen molar-refractivity contribution < 1.29 is 4.74 Å². The Balaban J connectivity index is 3.37. The predicted octanol–water partition coefficient (Wildman–Crippen LogP) is 4.15. The smallest absolute Gasteiger partial charge is 0.0975 e. The summed E-state index contributed by atoms with van der Waals surface area (Å²) in [7, 11) is 1.83. The third kappa shape index (κ3) is 2.01. The molecule has 0 radical (unpaired) electrons. The Kier molecular flexibility index (Phi) is 4.15. The lowest BCUT2D eigenvalue weighted by Crippen LogP contribution is -2.40. The average molecular weight is 220 g/mol. The Labute approximate surface area is 99.8 Å². The van der Waals surface area contributed by atoms with Gasteiger partial charge in [0.15, 0.2) is 0 Å². The summed E-state index contributed by atoms with van der Waals surface area (Å²) >= 11 is 0. The van der Waals surface area contributed by atoms with Gasteiger partial charge in [-0.1, -0.05) is 52.0 Å². The van der Waals surface area contributed by atoms with Crippen molar-refractivity contribution in [2.24, 2.45) is 11.8 Å². The van der Waals surface area contributed by atoms with Crippen LogP contribution in [0.4, 0.5) is 0 Å². The van der Waals surface area contributed by atoms with Gasteiger partial charge >= 0.3 is 0 Å². The van der Waals surface area contributed by atoms with E-state index in [0.29, 0.717) is 11.8 Å². The number of benzene rings is 1. The molecule has 1 aromatic rings. The lowest BCUT2D eigenvalue weighted by Gasteiger charge is -2.41. The van der Waals surface area contributed by atoms with Gasteiger partial charge < -0.3 is 4.74 Å². The van der Waals surface area contributed by atoms with Crippen LogP contribution in [-0.2, 0) is 10.3 Å². The molecule has 0 aromatic heterocycles. The number of ether oxygens (including phenoxy) is 1. The fourth-order valence-corrected chi connectivity index (χ4v) is 2.88. The van der Waals surface area contributed by atoms with Gasteiger partial charge in [0.2, 0.25) is 0 Å². The zero-order chi connectivity index (χ0) is 12.3. The molecule has 1 rings (SSSR count). The second kappa shape index (κ2) is 5.01. The van der Waals surface area contributed by atoms with E-state index in [2.05, 4.69) is 58.9 Å². The Morgan fingerprint density at radius 3 is 1.88 bits per heavy atom. The third-order valence-corrected chi connectivity index (χ3v) is 3.62. The average Bonchev–Trinajstić information content (AvgIpc) is 2.21. The van der Waals surface area contributed by atoms with E-state index in [1.807, 2.05) is 7.11 Å². The van der Waals surface area contributed by atoms with Crippen LogP contribution in [0, 0.1) is 18.8 Å². The molecule has 16 heavy (non-hydrogen) atoms. The van der Waals surface area contributed by atoms with E-state index >= 15 is 0 Å². The van der Waals surface area contributed by atoms with Crippen molar-refractivity contribution in [1.82, 2.24) is 0 Å². The van der Waals surface area contributed by atoms with Crippen LogP contribution in [0.3, 0.4) is 0 Å². The second-order valence-corrected chi connectivity index (χ2v) is 5.12. The molecule has 0 atom stereocenters. The summed E-state index contributed by atoms with van der Waals surface area (Å²) in [6, 6.07) is 8.54. The zero-order valence-corrected chi connectivity index (χ0v) is 11.4. The maximum atomic E-state index is 5.93. The molecule has 0 fully saturated rings. The topological polar surface area (TPSA) is 9.23 Å². The Morgan fingerprint density at radius 2 is 1.50 bits per heavy atom. The van der Waals surface area contributed by atoms with Crippen LogP contribution in [0.25, 0.3) is 0 Å². The number of methoxy groups -OCH3 is 1. The van der Waals surface area contributed by atoms with E-state index in [-0.39, 0.29) is 5.60 Å². The first-order valence-electron chi connectivity index (χ1n) is 6.08. The lowest BCUT2D eigenvalue weighted by atomic mass is 9.73. The highest BCUT2D eigenvalue weighted by Gasteiger charge is 2.39. The van der Waals surface area contributed by atoms with Crippen molar-refractivity contribution in [2.45, 2.75) is 40.2 Å². The van der Waals surface area contributed by atoms with Gasteiger partial charge in [-0.15, -0.1) is 0 Å². The van der Waals surface area contributed by atoms with E-state index in [1.54, 1.807) is 0 Å². The number of rotatable bonds is 4. The normalized spacial score (nSPS) is 12.5. The number of aryl methyl sites for hydroxylation is 1. The highest BCUT2D eigenvalue weighted by Crippen LogP contribution is 2.41. The summed E-state index contributed by atoms with van der Waals surface area (Å²) in [5, 5.41) is 0. The molecule has 1 heteroatoms. The highest BCUT2D eigenvalue weighted by atomic mass is 16.5. The van der Waals surface area contributed by atoms with Crippen LogP contribution in [0.15, 0.2) is 24.3 Å². The summed E-state index contributed by atoms with van der Waals surface area (Å²) in [4.78, 5) is 0. The van der Waals surface area contributed by atoms with Crippen molar-refractivity contribution in [3.8, 4) is 0 Å². The van der Waals surface area contributed by atoms with E-state index in [1.165, 1.54) is 11.1 Å². The van der Waals surface area contributed by atoms with Gasteiger partial charge in [0.25, 0.3) is 0 Å². The number of hydrogen-bond acceptors (Lipinski definition) is 1. The maximum Gasteiger partial charge on any atom is 0.0975 e. The van der Waals surface area contributed by atoms with Crippen molar-refractivity contribution >= 4 is 0 Å². The molecule has 0 amide bonds. The van der Waals surface area contributed by atoms with E-state index in [0.717, 1.165) is 0 Å². The van der Waals surface area contributed by atoms with Gasteiger partial charge in [0.1, 0.15) is 0 Å². The minimum Gasteiger partial charge on any atom is -0.373 e. The second-order valence-electron chi connectivity index (χ2n) is 5.12. The molecule has 0 aliphatic carbocycles. The zero-order valence-electron chi connectivity index (χ0n) is 11.4. The summed E-state index contributed by atoms with van der Waals surface area (Å²) in [5.74, 6) is 0.914. The van der Waals surface area contributed by atoms with Crippen LogP contribution in [-0.4, -0.2) is 7.11 Å². The van der Waals surface area contributed by atoms with E-state index in [4.69, 9.17) is 4.74 Å². The summed E-state index contributed by atoms with van der Waals surface area (Å²) in [5.41, 5.74) is 2.46. The minimum atomic E-state index is -0.175. The Bertz CT molecular complexity index is 331. The molecule has 0 unspecified atom stereocenters. The predicted molar refractivity (Wildman–Crippen MR) is 69.5 cm³/mol. The lowest BCUT2D eigenvalue weighted by molar-refractivity contribution is -0.0906. The molecule has 0 bridgehead atoms. The Hall–Kier alpha value is -0.820.